The number of hydrogen-bond donors (Lipinski definition) is 1. The third-order valence-electron chi connectivity index (χ3n) is 3.05. The Bertz CT molecular complexity index is 321. The molecule has 0 spiro atoms. The number of phenolic OH excluding ortho intramolecular Hbond substituents is 1. The Morgan fingerprint density at radius 2 is 1.80 bits per heavy atom. The quantitative estimate of drug-likeness (QED) is 0.749. The predicted octanol–water partition coefficient (Wildman–Crippen LogP) is 4.47. The van der Waals surface area contributed by atoms with Gasteiger partial charge in [0.2, 0.25) is 0 Å². The van der Waals surface area contributed by atoms with Gasteiger partial charge < -0.3 is 5.11 Å². The zero-order chi connectivity index (χ0) is 9.97. The number of aromatic hydroxyl groups is 1. The Morgan fingerprint density at radius 3 is 2.40 bits per heavy atom. The first-order valence-electron chi connectivity index (χ1n) is 5.26. The molecule has 1 fully saturated rings. The van der Waals surface area contributed by atoms with E-state index in [2.05, 4.69) is 34.7 Å². The lowest BCUT2D eigenvalue weighted by molar-refractivity contribution is 0.441. The third kappa shape index (κ3) is 3.25. The molecule has 1 aromatic rings. The van der Waals surface area contributed by atoms with Crippen LogP contribution in [0.1, 0.15) is 43.6 Å². The van der Waals surface area contributed by atoms with Gasteiger partial charge in [-0.05, 0) is 59.0 Å². The molecule has 0 atom stereocenters. The second-order valence-corrected chi connectivity index (χ2v) is 5.21. The van der Waals surface area contributed by atoms with Crippen LogP contribution in [0.15, 0.2) is 18.2 Å². The van der Waals surface area contributed by atoms with Crippen molar-refractivity contribution >= 4 is 35.0 Å². The molecule has 0 amide bonds. The molecule has 2 rings (SSSR count). The van der Waals surface area contributed by atoms with E-state index in [0.29, 0.717) is 5.75 Å². The van der Waals surface area contributed by atoms with Gasteiger partial charge in [-0.2, -0.15) is 0 Å². The molecule has 0 radical (unpaired) electrons. The average molecular weight is 339 g/mol. The largest absolute Gasteiger partial charge is 0.507 e. The summed E-state index contributed by atoms with van der Waals surface area (Å²) in [5, 5.41) is 9.43. The molecule has 0 unspecified atom stereocenters. The van der Waals surface area contributed by atoms with Gasteiger partial charge in [0.05, 0.1) is 3.57 Å². The lowest BCUT2D eigenvalue weighted by atomic mass is 9.84. The Labute approximate surface area is 111 Å². The summed E-state index contributed by atoms with van der Waals surface area (Å²) in [6.45, 7) is 0. The van der Waals surface area contributed by atoms with Crippen molar-refractivity contribution in [3.63, 3.8) is 0 Å². The normalized spacial score (nSPS) is 17.1. The summed E-state index contributed by atoms with van der Waals surface area (Å²) in [5.74, 6) is 1.14. The molecule has 0 aromatic heterocycles. The van der Waals surface area contributed by atoms with Crippen LogP contribution in [0, 0.1) is 3.57 Å². The highest BCUT2D eigenvalue weighted by atomic mass is 127. The number of halogens is 2. The SMILES string of the molecule is Cl.Oc1ccc(C2CCCCC2)cc1I. The maximum Gasteiger partial charge on any atom is 0.128 e. The summed E-state index contributed by atoms with van der Waals surface area (Å²) in [6, 6.07) is 6.03. The van der Waals surface area contributed by atoms with Crippen molar-refractivity contribution in [1.29, 1.82) is 0 Å². The van der Waals surface area contributed by atoms with Crippen molar-refractivity contribution in [3.05, 3.63) is 27.3 Å². The molecule has 0 saturated heterocycles. The Morgan fingerprint density at radius 1 is 1.13 bits per heavy atom. The van der Waals surface area contributed by atoms with Gasteiger partial charge in [-0.3, -0.25) is 0 Å². The van der Waals surface area contributed by atoms with Crippen LogP contribution in [0.4, 0.5) is 0 Å². The van der Waals surface area contributed by atoms with E-state index in [1.54, 1.807) is 0 Å². The van der Waals surface area contributed by atoms with Crippen molar-refractivity contribution in [3.8, 4) is 5.75 Å². The van der Waals surface area contributed by atoms with Crippen LogP contribution in [-0.2, 0) is 0 Å². The lowest BCUT2D eigenvalue weighted by Gasteiger charge is -2.22. The highest BCUT2D eigenvalue weighted by Gasteiger charge is 2.15. The predicted molar refractivity (Wildman–Crippen MR) is 73.9 cm³/mol. The fourth-order valence-corrected chi connectivity index (χ4v) is 2.75. The monoisotopic (exact) mass is 338 g/mol. The average Bonchev–Trinajstić information content (AvgIpc) is 2.23. The third-order valence-corrected chi connectivity index (χ3v) is 3.91. The van der Waals surface area contributed by atoms with E-state index in [1.165, 1.54) is 37.7 Å². The van der Waals surface area contributed by atoms with Crippen LogP contribution in [0.3, 0.4) is 0 Å². The maximum atomic E-state index is 9.43. The van der Waals surface area contributed by atoms with Crippen molar-refractivity contribution in [2.24, 2.45) is 0 Å². The summed E-state index contributed by atoms with van der Waals surface area (Å²) in [7, 11) is 0. The Hall–Kier alpha value is 0.0400. The molecular weight excluding hydrogens is 322 g/mol. The second kappa shape index (κ2) is 5.94. The number of rotatable bonds is 1. The van der Waals surface area contributed by atoms with Crippen molar-refractivity contribution in [1.82, 2.24) is 0 Å². The smallest absolute Gasteiger partial charge is 0.128 e. The van der Waals surface area contributed by atoms with Gasteiger partial charge in [-0.15, -0.1) is 12.4 Å². The number of hydrogen-bond acceptors (Lipinski definition) is 1. The molecule has 1 saturated carbocycles. The fraction of sp³-hybridized carbons (Fsp3) is 0.500. The van der Waals surface area contributed by atoms with Gasteiger partial charge >= 0.3 is 0 Å². The van der Waals surface area contributed by atoms with E-state index in [0.717, 1.165) is 9.49 Å². The van der Waals surface area contributed by atoms with Crippen molar-refractivity contribution in [2.75, 3.05) is 0 Å². The molecule has 1 N–H and O–H groups in total. The van der Waals surface area contributed by atoms with Gasteiger partial charge in [0.1, 0.15) is 5.75 Å². The zero-order valence-electron chi connectivity index (χ0n) is 8.58. The van der Waals surface area contributed by atoms with E-state index < -0.39 is 0 Å². The van der Waals surface area contributed by atoms with Crippen LogP contribution in [0.5, 0.6) is 5.75 Å². The van der Waals surface area contributed by atoms with Gasteiger partial charge in [-0.1, -0.05) is 25.3 Å². The summed E-state index contributed by atoms with van der Waals surface area (Å²) < 4.78 is 0.977. The van der Waals surface area contributed by atoms with Crippen LogP contribution in [-0.4, -0.2) is 5.11 Å². The van der Waals surface area contributed by atoms with Gasteiger partial charge in [0.15, 0.2) is 0 Å². The van der Waals surface area contributed by atoms with E-state index in [4.69, 9.17) is 0 Å². The standard InChI is InChI=1S/C12H15IO.ClH/c13-11-8-10(6-7-12(11)14)9-4-2-1-3-5-9;/h6-9,14H,1-5H2;1H. The highest BCUT2D eigenvalue weighted by Crippen LogP contribution is 2.34. The zero-order valence-corrected chi connectivity index (χ0v) is 11.6. The molecule has 1 aliphatic carbocycles. The molecule has 0 heterocycles. The van der Waals surface area contributed by atoms with Crippen LogP contribution >= 0.6 is 35.0 Å². The minimum atomic E-state index is 0. The minimum absolute atomic E-state index is 0. The first-order valence-corrected chi connectivity index (χ1v) is 6.33. The summed E-state index contributed by atoms with van der Waals surface area (Å²) >= 11 is 2.20. The first kappa shape index (κ1) is 13.1. The van der Waals surface area contributed by atoms with Crippen molar-refractivity contribution < 1.29 is 5.11 Å². The molecule has 1 nitrogen and oxygen atoms in total. The number of benzene rings is 1. The molecule has 1 aromatic carbocycles. The second-order valence-electron chi connectivity index (χ2n) is 4.05. The molecule has 3 heteroatoms. The van der Waals surface area contributed by atoms with Crippen molar-refractivity contribution in [2.45, 2.75) is 38.0 Å². The molecule has 84 valence electrons. The van der Waals surface area contributed by atoms with E-state index in [-0.39, 0.29) is 12.4 Å². The summed E-state index contributed by atoms with van der Waals surface area (Å²) in [5.41, 5.74) is 1.41. The summed E-state index contributed by atoms with van der Waals surface area (Å²) in [6.07, 6.45) is 6.76. The van der Waals surface area contributed by atoms with E-state index in [9.17, 15) is 5.11 Å². The Kier molecular flexibility index (Phi) is 5.19. The highest BCUT2D eigenvalue weighted by molar-refractivity contribution is 14.1. The minimum Gasteiger partial charge on any atom is -0.507 e. The van der Waals surface area contributed by atoms with E-state index in [1.807, 2.05) is 6.07 Å². The van der Waals surface area contributed by atoms with E-state index >= 15 is 0 Å². The van der Waals surface area contributed by atoms with Gasteiger partial charge in [0.25, 0.3) is 0 Å². The van der Waals surface area contributed by atoms with Crippen LogP contribution in [0.25, 0.3) is 0 Å². The summed E-state index contributed by atoms with van der Waals surface area (Å²) in [4.78, 5) is 0. The van der Waals surface area contributed by atoms with Gasteiger partial charge in [-0.25, -0.2) is 0 Å². The molecule has 0 bridgehead atoms. The fourth-order valence-electron chi connectivity index (χ4n) is 2.21. The lowest BCUT2D eigenvalue weighted by Crippen LogP contribution is -2.04. The topological polar surface area (TPSA) is 20.2 Å². The van der Waals surface area contributed by atoms with Crippen LogP contribution in [0.2, 0.25) is 0 Å². The first-order chi connectivity index (χ1) is 6.77. The molecule has 1 aliphatic rings. The van der Waals surface area contributed by atoms with Crippen LogP contribution < -0.4 is 0 Å². The molecular formula is C12H16ClIO. The maximum absolute atomic E-state index is 9.43. The molecule has 0 aliphatic heterocycles. The molecule has 15 heavy (non-hydrogen) atoms. The number of phenols is 1. The van der Waals surface area contributed by atoms with Gasteiger partial charge in [0, 0.05) is 0 Å². The Balaban J connectivity index is 0.00000112.